The normalized spacial score (nSPS) is 12.4. The van der Waals surface area contributed by atoms with Gasteiger partial charge in [-0.25, -0.2) is 9.59 Å². The molecule has 0 bridgehead atoms. The van der Waals surface area contributed by atoms with Crippen LogP contribution in [0, 0.1) is 0 Å². The highest BCUT2D eigenvalue weighted by Crippen LogP contribution is 2.14. The van der Waals surface area contributed by atoms with Gasteiger partial charge in [0.2, 0.25) is 11.8 Å². The number of carboxylic acids is 3. The van der Waals surface area contributed by atoms with E-state index in [1.54, 1.807) is 0 Å². The Morgan fingerprint density at radius 3 is 1.15 bits per heavy atom. The second-order valence-electron chi connectivity index (χ2n) is 10.8. The van der Waals surface area contributed by atoms with Crippen molar-refractivity contribution in [3.63, 3.8) is 0 Å². The number of amides is 2. The predicted molar refractivity (Wildman–Crippen MR) is 154 cm³/mol. The van der Waals surface area contributed by atoms with Crippen LogP contribution in [0.1, 0.15) is 148 Å². The van der Waals surface area contributed by atoms with Crippen molar-refractivity contribution in [3.8, 4) is 0 Å². The topological polar surface area (TPSA) is 170 Å². The number of carbonyl (C=O) groups is 5. The number of hydrogen-bond donors (Lipinski definition) is 5. The van der Waals surface area contributed by atoms with Crippen LogP contribution in [0.2, 0.25) is 0 Å². The van der Waals surface area contributed by atoms with E-state index in [0.29, 0.717) is 19.3 Å². The van der Waals surface area contributed by atoms with Gasteiger partial charge in [0, 0.05) is 19.3 Å². The summed E-state index contributed by atoms with van der Waals surface area (Å²) in [6, 6.07) is -2.17. The first-order valence-electron chi connectivity index (χ1n) is 15.4. The molecule has 10 nitrogen and oxygen atoms in total. The first-order chi connectivity index (χ1) is 19.2. The smallest absolute Gasteiger partial charge is 0.326 e. The second kappa shape index (κ2) is 25.3. The summed E-state index contributed by atoms with van der Waals surface area (Å²) in [6.45, 7) is 1.81. The zero-order chi connectivity index (χ0) is 30.0. The lowest BCUT2D eigenvalue weighted by Gasteiger charge is -2.16. The molecule has 2 amide bonds. The third-order valence-corrected chi connectivity index (χ3v) is 7.05. The average molecular weight is 571 g/mol. The van der Waals surface area contributed by atoms with Gasteiger partial charge in [-0.1, -0.05) is 103 Å². The minimum absolute atomic E-state index is 0.0957. The minimum atomic E-state index is -1.21. The molecule has 40 heavy (non-hydrogen) atoms. The minimum Gasteiger partial charge on any atom is -0.481 e. The van der Waals surface area contributed by atoms with E-state index >= 15 is 0 Å². The Bertz CT molecular complexity index is 728. The fourth-order valence-electron chi connectivity index (χ4n) is 4.65. The Morgan fingerprint density at radius 1 is 0.475 bits per heavy atom. The third kappa shape index (κ3) is 23.3. The van der Waals surface area contributed by atoms with Crippen molar-refractivity contribution in [2.45, 2.75) is 160 Å². The first-order valence-corrected chi connectivity index (χ1v) is 15.4. The molecule has 0 saturated carbocycles. The lowest BCUT2D eigenvalue weighted by Crippen LogP contribution is -2.43. The zero-order valence-corrected chi connectivity index (χ0v) is 24.6. The number of carboxylic acid groups (broad SMARTS) is 3. The van der Waals surface area contributed by atoms with E-state index < -0.39 is 35.9 Å². The molecule has 0 aliphatic rings. The maximum Gasteiger partial charge on any atom is 0.326 e. The van der Waals surface area contributed by atoms with Crippen LogP contribution < -0.4 is 10.6 Å². The highest BCUT2D eigenvalue weighted by molar-refractivity contribution is 5.86. The molecule has 0 aromatic rings. The van der Waals surface area contributed by atoms with Crippen LogP contribution in [0.5, 0.6) is 0 Å². The summed E-state index contributed by atoms with van der Waals surface area (Å²) in [5, 5.41) is 32.0. The summed E-state index contributed by atoms with van der Waals surface area (Å²) >= 11 is 0. The summed E-state index contributed by atoms with van der Waals surface area (Å²) in [7, 11) is 0. The first kappa shape index (κ1) is 37.4. The fraction of sp³-hybridized carbons (Fsp3) is 0.833. The van der Waals surface area contributed by atoms with E-state index in [9.17, 15) is 29.1 Å². The van der Waals surface area contributed by atoms with E-state index in [-0.39, 0.29) is 31.6 Å². The Hall–Kier alpha value is -2.65. The van der Waals surface area contributed by atoms with Gasteiger partial charge >= 0.3 is 17.9 Å². The van der Waals surface area contributed by atoms with Gasteiger partial charge in [0.25, 0.3) is 0 Å². The van der Waals surface area contributed by atoms with Crippen molar-refractivity contribution >= 4 is 29.7 Å². The molecule has 0 aliphatic carbocycles. The summed E-state index contributed by atoms with van der Waals surface area (Å²) < 4.78 is 0. The standard InChI is InChI=1S/C30H54N2O8/c1-2-19-24(29(37)38)31-27(34)23-22-25(30(39)40)32-26(33)20-17-15-13-11-9-7-5-3-4-6-8-10-12-14-16-18-21-28(35)36/h24-25H,2-23H2,1H3,(H,31,34)(H,32,33)(H,35,36)(H,37,38)(H,39,40)/t24-,25-/m0/s1. The van der Waals surface area contributed by atoms with Crippen molar-refractivity contribution < 1.29 is 39.3 Å². The van der Waals surface area contributed by atoms with Crippen LogP contribution in [0.25, 0.3) is 0 Å². The number of hydrogen-bond acceptors (Lipinski definition) is 5. The zero-order valence-electron chi connectivity index (χ0n) is 24.6. The second-order valence-corrected chi connectivity index (χ2v) is 10.8. The van der Waals surface area contributed by atoms with Gasteiger partial charge in [-0.3, -0.25) is 14.4 Å². The molecule has 10 heteroatoms. The molecule has 0 rings (SSSR count). The third-order valence-electron chi connectivity index (χ3n) is 7.05. The molecule has 0 radical (unpaired) electrons. The molecule has 0 aliphatic heterocycles. The quantitative estimate of drug-likeness (QED) is 0.0733. The van der Waals surface area contributed by atoms with E-state index in [1.165, 1.54) is 57.8 Å². The Kier molecular flexibility index (Phi) is 23.6. The van der Waals surface area contributed by atoms with Gasteiger partial charge in [0.1, 0.15) is 12.1 Å². The lowest BCUT2D eigenvalue weighted by molar-refractivity contribution is -0.143. The molecule has 0 fully saturated rings. The summed E-state index contributed by atoms with van der Waals surface area (Å²) in [4.78, 5) is 57.3. The number of aliphatic carboxylic acids is 3. The summed E-state index contributed by atoms with van der Waals surface area (Å²) in [5.74, 6) is -3.93. The maximum atomic E-state index is 12.2. The monoisotopic (exact) mass is 570 g/mol. The molecule has 0 aromatic heterocycles. The SMILES string of the molecule is CCC[C@H](NC(=O)CC[C@H](NC(=O)CCCCCCCCCCCCCCCCCCC(=O)O)C(=O)O)C(=O)O. The Labute approximate surface area is 240 Å². The molecule has 0 saturated heterocycles. The van der Waals surface area contributed by atoms with E-state index in [4.69, 9.17) is 10.2 Å². The lowest BCUT2D eigenvalue weighted by atomic mass is 10.0. The van der Waals surface area contributed by atoms with Gasteiger partial charge in [-0.2, -0.15) is 0 Å². The molecule has 0 heterocycles. The molecule has 5 N–H and O–H groups in total. The van der Waals surface area contributed by atoms with Gasteiger partial charge in [-0.15, -0.1) is 0 Å². The maximum absolute atomic E-state index is 12.2. The van der Waals surface area contributed by atoms with Crippen molar-refractivity contribution in [3.05, 3.63) is 0 Å². The molecule has 2 atom stereocenters. The molecular formula is C30H54N2O8. The van der Waals surface area contributed by atoms with Crippen LogP contribution in [0.4, 0.5) is 0 Å². The van der Waals surface area contributed by atoms with E-state index in [1.807, 2.05) is 6.92 Å². The van der Waals surface area contributed by atoms with Gasteiger partial charge in [-0.05, 0) is 25.7 Å². The van der Waals surface area contributed by atoms with Gasteiger partial charge < -0.3 is 26.0 Å². The highest BCUT2D eigenvalue weighted by Gasteiger charge is 2.23. The molecular weight excluding hydrogens is 516 g/mol. The van der Waals surface area contributed by atoms with Crippen LogP contribution in [-0.2, 0) is 24.0 Å². The van der Waals surface area contributed by atoms with Gasteiger partial charge in [0.15, 0.2) is 0 Å². The number of rotatable bonds is 28. The summed E-state index contributed by atoms with van der Waals surface area (Å²) in [6.07, 6.45) is 19.1. The molecule has 0 spiro atoms. The van der Waals surface area contributed by atoms with Crippen molar-refractivity contribution in [1.82, 2.24) is 10.6 Å². The van der Waals surface area contributed by atoms with Crippen molar-refractivity contribution in [2.24, 2.45) is 0 Å². The summed E-state index contributed by atoms with van der Waals surface area (Å²) in [5.41, 5.74) is 0. The largest absolute Gasteiger partial charge is 0.481 e. The molecule has 0 unspecified atom stereocenters. The van der Waals surface area contributed by atoms with Crippen molar-refractivity contribution in [1.29, 1.82) is 0 Å². The average Bonchev–Trinajstić information content (AvgIpc) is 2.89. The number of nitrogens with one attached hydrogen (secondary N) is 2. The Morgan fingerprint density at radius 2 is 0.800 bits per heavy atom. The van der Waals surface area contributed by atoms with Crippen molar-refractivity contribution in [2.75, 3.05) is 0 Å². The fourth-order valence-corrected chi connectivity index (χ4v) is 4.65. The number of carbonyl (C=O) groups excluding carboxylic acids is 2. The Balaban J connectivity index is 3.71. The van der Waals surface area contributed by atoms with Crippen LogP contribution >= 0.6 is 0 Å². The number of unbranched alkanes of at least 4 members (excludes halogenated alkanes) is 15. The van der Waals surface area contributed by atoms with E-state index in [2.05, 4.69) is 10.6 Å². The molecule has 232 valence electrons. The predicted octanol–water partition coefficient (Wildman–Crippen LogP) is 5.81. The van der Waals surface area contributed by atoms with E-state index in [0.717, 1.165) is 38.5 Å². The van der Waals surface area contributed by atoms with Gasteiger partial charge in [0.05, 0.1) is 0 Å². The molecule has 0 aromatic carbocycles. The van der Waals surface area contributed by atoms with Crippen LogP contribution in [0.15, 0.2) is 0 Å². The highest BCUT2D eigenvalue weighted by atomic mass is 16.4. The van der Waals surface area contributed by atoms with Crippen LogP contribution in [0.3, 0.4) is 0 Å². The van der Waals surface area contributed by atoms with Crippen LogP contribution in [-0.4, -0.2) is 57.1 Å².